The third-order valence-electron chi connectivity index (χ3n) is 4.92. The number of guanidine groups is 1. The maximum absolute atomic E-state index is 13.6. The van der Waals surface area contributed by atoms with Crippen molar-refractivity contribution >= 4 is 29.9 Å². The Kier molecular flexibility index (Phi) is 9.66. The Bertz CT molecular complexity index is 761. The van der Waals surface area contributed by atoms with Crippen molar-refractivity contribution in [2.45, 2.75) is 51.5 Å². The average Bonchev–Trinajstić information content (AvgIpc) is 2.91. The van der Waals surface area contributed by atoms with Gasteiger partial charge in [-0.05, 0) is 37.3 Å². The first-order valence-corrected chi connectivity index (χ1v) is 9.87. The Morgan fingerprint density at radius 2 is 1.93 bits per heavy atom. The molecule has 0 aliphatic carbocycles. The lowest BCUT2D eigenvalue weighted by molar-refractivity contribution is 0.593. The van der Waals surface area contributed by atoms with E-state index in [-0.39, 0.29) is 29.8 Å². The van der Waals surface area contributed by atoms with E-state index in [0.717, 1.165) is 50.0 Å². The molecule has 1 aromatic heterocycles. The fourth-order valence-corrected chi connectivity index (χ4v) is 3.42. The molecule has 0 atom stereocenters. The van der Waals surface area contributed by atoms with Crippen LogP contribution in [-0.4, -0.2) is 40.9 Å². The molecule has 2 N–H and O–H groups in total. The molecule has 0 saturated carbocycles. The summed E-state index contributed by atoms with van der Waals surface area (Å²) in [5.41, 5.74) is 0.716. The number of aryl methyl sites for hydroxylation is 2. The first-order valence-electron chi connectivity index (χ1n) is 9.87. The van der Waals surface area contributed by atoms with Gasteiger partial charge in [0.25, 0.3) is 0 Å². The Balaban J connectivity index is 0.00000280. The van der Waals surface area contributed by atoms with E-state index in [9.17, 15) is 4.39 Å². The first-order chi connectivity index (χ1) is 13.3. The fraction of sp³-hybridized carbons (Fsp3) is 0.550. The topological polar surface area (TPSA) is 67.1 Å². The van der Waals surface area contributed by atoms with Crippen LogP contribution in [0.3, 0.4) is 0 Å². The number of nitrogens with one attached hydrogen (secondary N) is 2. The standard InChI is InChI=1S/C20H29FN6.HI/c1-22-20(24-14-12-16-8-4-5-9-17(16)21)23-13-7-11-19-26-25-18-10-3-2-6-15-27(18)19;/h4-5,8-9H,2-3,6-7,10-15H2,1H3,(H2,22,23,24);1H. The van der Waals surface area contributed by atoms with E-state index in [2.05, 4.69) is 30.4 Å². The summed E-state index contributed by atoms with van der Waals surface area (Å²) >= 11 is 0. The van der Waals surface area contributed by atoms with Crippen LogP contribution in [0, 0.1) is 5.82 Å². The summed E-state index contributed by atoms with van der Waals surface area (Å²) in [6.07, 6.45) is 7.25. The van der Waals surface area contributed by atoms with Crippen LogP contribution in [0.4, 0.5) is 4.39 Å². The van der Waals surface area contributed by atoms with Gasteiger partial charge >= 0.3 is 0 Å². The quantitative estimate of drug-likeness (QED) is 0.266. The van der Waals surface area contributed by atoms with Gasteiger partial charge in [0.15, 0.2) is 5.96 Å². The third kappa shape index (κ3) is 6.42. The predicted molar refractivity (Wildman–Crippen MR) is 121 cm³/mol. The van der Waals surface area contributed by atoms with E-state index in [0.29, 0.717) is 18.5 Å². The molecule has 6 nitrogen and oxygen atoms in total. The van der Waals surface area contributed by atoms with E-state index in [4.69, 9.17) is 0 Å². The minimum Gasteiger partial charge on any atom is -0.356 e. The number of hydrogen-bond acceptors (Lipinski definition) is 3. The van der Waals surface area contributed by atoms with Gasteiger partial charge in [0.2, 0.25) is 0 Å². The van der Waals surface area contributed by atoms with Crippen LogP contribution >= 0.6 is 24.0 Å². The summed E-state index contributed by atoms with van der Waals surface area (Å²) in [5.74, 6) is 2.82. The number of benzene rings is 1. The van der Waals surface area contributed by atoms with Crippen molar-refractivity contribution in [3.63, 3.8) is 0 Å². The second-order valence-corrected chi connectivity index (χ2v) is 6.87. The van der Waals surface area contributed by atoms with Crippen molar-refractivity contribution in [2.24, 2.45) is 4.99 Å². The number of aliphatic imine (C=N–C) groups is 1. The van der Waals surface area contributed by atoms with Crippen LogP contribution in [0.25, 0.3) is 0 Å². The van der Waals surface area contributed by atoms with Gasteiger partial charge in [0.1, 0.15) is 17.5 Å². The third-order valence-corrected chi connectivity index (χ3v) is 4.92. The Morgan fingerprint density at radius 1 is 1.11 bits per heavy atom. The van der Waals surface area contributed by atoms with Crippen LogP contribution in [0.1, 0.15) is 42.9 Å². The number of nitrogens with zero attached hydrogens (tertiary/aromatic N) is 4. The minimum absolute atomic E-state index is 0. The molecule has 0 radical (unpaired) electrons. The molecular weight excluding hydrogens is 470 g/mol. The molecule has 0 unspecified atom stereocenters. The van der Waals surface area contributed by atoms with Crippen molar-refractivity contribution in [3.05, 3.63) is 47.3 Å². The maximum atomic E-state index is 13.6. The minimum atomic E-state index is -0.158. The number of hydrogen-bond donors (Lipinski definition) is 2. The molecule has 3 rings (SSSR count). The molecule has 0 fully saturated rings. The number of fused-ring (bicyclic) bond motifs is 1. The first kappa shape index (κ1) is 22.6. The predicted octanol–water partition coefficient (Wildman–Crippen LogP) is 3.10. The lowest BCUT2D eigenvalue weighted by Gasteiger charge is -2.12. The molecule has 8 heteroatoms. The molecule has 1 aliphatic heterocycles. The number of rotatable bonds is 7. The Labute approximate surface area is 183 Å². The zero-order valence-electron chi connectivity index (χ0n) is 16.5. The van der Waals surface area contributed by atoms with E-state index in [1.54, 1.807) is 13.1 Å². The monoisotopic (exact) mass is 500 g/mol. The van der Waals surface area contributed by atoms with Crippen molar-refractivity contribution < 1.29 is 4.39 Å². The summed E-state index contributed by atoms with van der Waals surface area (Å²) in [6, 6.07) is 6.87. The molecular formula is C20H30FIN6. The summed E-state index contributed by atoms with van der Waals surface area (Å²) in [7, 11) is 1.75. The summed E-state index contributed by atoms with van der Waals surface area (Å²) < 4.78 is 15.9. The molecule has 1 aromatic carbocycles. The summed E-state index contributed by atoms with van der Waals surface area (Å²) in [6.45, 7) is 2.49. The van der Waals surface area contributed by atoms with E-state index >= 15 is 0 Å². The maximum Gasteiger partial charge on any atom is 0.190 e. The normalized spacial score (nSPS) is 14.0. The molecule has 0 amide bonds. The van der Waals surface area contributed by atoms with Gasteiger partial charge in [-0.1, -0.05) is 24.6 Å². The number of aromatic nitrogens is 3. The summed E-state index contributed by atoms with van der Waals surface area (Å²) in [4.78, 5) is 4.23. The second-order valence-electron chi connectivity index (χ2n) is 6.87. The highest BCUT2D eigenvalue weighted by Crippen LogP contribution is 2.15. The SMILES string of the molecule is CN=C(NCCCc1nnc2n1CCCCC2)NCCc1ccccc1F.I. The molecule has 2 heterocycles. The highest BCUT2D eigenvalue weighted by atomic mass is 127. The second kappa shape index (κ2) is 12.0. The van der Waals surface area contributed by atoms with Gasteiger partial charge in [-0.15, -0.1) is 34.2 Å². The number of halogens is 2. The highest BCUT2D eigenvalue weighted by Gasteiger charge is 2.14. The van der Waals surface area contributed by atoms with Gasteiger partial charge in [-0.3, -0.25) is 4.99 Å². The van der Waals surface area contributed by atoms with E-state index in [1.807, 2.05) is 12.1 Å². The fourth-order valence-electron chi connectivity index (χ4n) is 3.42. The van der Waals surface area contributed by atoms with E-state index in [1.165, 1.54) is 25.3 Å². The Hall–Kier alpha value is -1.71. The van der Waals surface area contributed by atoms with Gasteiger partial charge in [-0.2, -0.15) is 0 Å². The van der Waals surface area contributed by atoms with Crippen LogP contribution < -0.4 is 10.6 Å². The zero-order valence-corrected chi connectivity index (χ0v) is 18.8. The van der Waals surface area contributed by atoms with Crippen LogP contribution in [-0.2, 0) is 25.8 Å². The molecule has 1 aliphatic rings. The van der Waals surface area contributed by atoms with Crippen molar-refractivity contribution in [1.82, 2.24) is 25.4 Å². The molecule has 154 valence electrons. The van der Waals surface area contributed by atoms with Crippen LogP contribution in [0.2, 0.25) is 0 Å². The van der Waals surface area contributed by atoms with Gasteiger partial charge in [0, 0.05) is 39.5 Å². The average molecular weight is 500 g/mol. The lowest BCUT2D eigenvalue weighted by atomic mass is 10.1. The molecule has 0 bridgehead atoms. The molecule has 28 heavy (non-hydrogen) atoms. The van der Waals surface area contributed by atoms with E-state index < -0.39 is 0 Å². The van der Waals surface area contributed by atoms with Crippen molar-refractivity contribution in [3.8, 4) is 0 Å². The van der Waals surface area contributed by atoms with Crippen molar-refractivity contribution in [2.75, 3.05) is 20.1 Å². The van der Waals surface area contributed by atoms with Crippen molar-refractivity contribution in [1.29, 1.82) is 0 Å². The largest absolute Gasteiger partial charge is 0.356 e. The van der Waals surface area contributed by atoms with Crippen LogP contribution in [0.5, 0.6) is 0 Å². The van der Waals surface area contributed by atoms with Gasteiger partial charge in [0.05, 0.1) is 0 Å². The van der Waals surface area contributed by atoms with Gasteiger partial charge in [-0.25, -0.2) is 4.39 Å². The Morgan fingerprint density at radius 3 is 2.75 bits per heavy atom. The van der Waals surface area contributed by atoms with Crippen LogP contribution in [0.15, 0.2) is 29.3 Å². The molecule has 0 spiro atoms. The zero-order chi connectivity index (χ0) is 18.9. The molecule has 2 aromatic rings. The highest BCUT2D eigenvalue weighted by molar-refractivity contribution is 14.0. The smallest absolute Gasteiger partial charge is 0.190 e. The summed E-state index contributed by atoms with van der Waals surface area (Å²) in [5, 5.41) is 15.3. The lowest BCUT2D eigenvalue weighted by Crippen LogP contribution is -2.39. The van der Waals surface area contributed by atoms with Gasteiger partial charge < -0.3 is 15.2 Å². The molecule has 0 saturated heterocycles.